The molecule has 0 aromatic carbocycles. The number of nitrogens with zero attached hydrogens (tertiary/aromatic N) is 1. The van der Waals surface area contributed by atoms with Gasteiger partial charge < -0.3 is 10.0 Å². The normalized spacial score (nSPS) is 14.2. The Morgan fingerprint density at radius 2 is 1.59 bits per heavy atom. The monoisotopic (exact) mass is 267 g/mol. The number of hydrogen-bond acceptors (Lipinski definition) is 4. The van der Waals surface area contributed by atoms with Gasteiger partial charge in [0.2, 0.25) is 0 Å². The molecule has 0 rings (SSSR count). The molecule has 0 spiro atoms. The van der Waals surface area contributed by atoms with Crippen molar-refractivity contribution in [1.82, 2.24) is 4.90 Å². The molecule has 0 aliphatic rings. The molecule has 0 saturated heterocycles. The zero-order chi connectivity index (χ0) is 13.3. The molecule has 0 aliphatic heterocycles. The SMILES string of the molecule is CCCCN(CCCC)C[C@H](O)CS(=O)(=O)O. The summed E-state index contributed by atoms with van der Waals surface area (Å²) in [5, 5.41) is 9.57. The highest BCUT2D eigenvalue weighted by Crippen LogP contribution is 2.02. The van der Waals surface area contributed by atoms with Crippen LogP contribution in [-0.2, 0) is 10.1 Å². The van der Waals surface area contributed by atoms with E-state index in [2.05, 4.69) is 18.7 Å². The molecule has 0 radical (unpaired) electrons. The van der Waals surface area contributed by atoms with Crippen LogP contribution in [0, 0.1) is 0 Å². The van der Waals surface area contributed by atoms with E-state index in [1.807, 2.05) is 0 Å². The van der Waals surface area contributed by atoms with Crippen molar-refractivity contribution in [3.8, 4) is 0 Å². The number of rotatable bonds is 10. The van der Waals surface area contributed by atoms with E-state index in [-0.39, 0.29) is 0 Å². The van der Waals surface area contributed by atoms with Crippen LogP contribution in [0.15, 0.2) is 0 Å². The first-order valence-corrected chi connectivity index (χ1v) is 7.85. The van der Waals surface area contributed by atoms with E-state index >= 15 is 0 Å². The summed E-state index contributed by atoms with van der Waals surface area (Å²) in [4.78, 5) is 2.06. The minimum Gasteiger partial charge on any atom is -0.391 e. The highest BCUT2D eigenvalue weighted by atomic mass is 32.2. The molecular weight excluding hydrogens is 242 g/mol. The van der Waals surface area contributed by atoms with Gasteiger partial charge in [0, 0.05) is 6.54 Å². The van der Waals surface area contributed by atoms with Gasteiger partial charge in [0.15, 0.2) is 0 Å². The Balaban J connectivity index is 4.11. The van der Waals surface area contributed by atoms with Crippen molar-refractivity contribution in [3.05, 3.63) is 0 Å². The third kappa shape index (κ3) is 10.7. The molecule has 0 amide bonds. The number of hydrogen-bond donors (Lipinski definition) is 2. The van der Waals surface area contributed by atoms with Crippen molar-refractivity contribution in [2.45, 2.75) is 45.6 Å². The summed E-state index contributed by atoms with van der Waals surface area (Å²) in [5.74, 6) is -0.582. The smallest absolute Gasteiger partial charge is 0.267 e. The maximum Gasteiger partial charge on any atom is 0.267 e. The van der Waals surface area contributed by atoms with Gasteiger partial charge in [0.25, 0.3) is 10.1 Å². The van der Waals surface area contributed by atoms with E-state index < -0.39 is 22.0 Å². The third-order valence-electron chi connectivity index (χ3n) is 2.53. The van der Waals surface area contributed by atoms with Crippen molar-refractivity contribution in [3.63, 3.8) is 0 Å². The van der Waals surface area contributed by atoms with E-state index in [4.69, 9.17) is 4.55 Å². The van der Waals surface area contributed by atoms with E-state index in [0.717, 1.165) is 38.8 Å². The summed E-state index contributed by atoms with van der Waals surface area (Å²) in [7, 11) is -4.09. The number of aliphatic hydroxyl groups is 1. The van der Waals surface area contributed by atoms with Gasteiger partial charge >= 0.3 is 0 Å². The van der Waals surface area contributed by atoms with Gasteiger partial charge in [-0.15, -0.1) is 0 Å². The predicted molar refractivity (Wildman–Crippen MR) is 68.7 cm³/mol. The van der Waals surface area contributed by atoms with Crippen LogP contribution in [0.1, 0.15) is 39.5 Å². The van der Waals surface area contributed by atoms with Crippen LogP contribution >= 0.6 is 0 Å². The van der Waals surface area contributed by atoms with Crippen LogP contribution < -0.4 is 0 Å². The second-order valence-corrected chi connectivity index (χ2v) is 5.91. The largest absolute Gasteiger partial charge is 0.391 e. The molecule has 6 heteroatoms. The standard InChI is InChI=1S/C11H25NO4S/c1-3-5-7-12(8-6-4-2)9-11(13)10-17(14,15)16/h11,13H,3-10H2,1-2H3,(H,14,15,16)/t11-/m0/s1. The molecule has 0 heterocycles. The van der Waals surface area contributed by atoms with Crippen molar-refractivity contribution < 1.29 is 18.1 Å². The Kier molecular flexibility index (Phi) is 8.77. The van der Waals surface area contributed by atoms with Crippen LogP contribution in [0.4, 0.5) is 0 Å². The molecule has 0 unspecified atom stereocenters. The lowest BCUT2D eigenvalue weighted by atomic mass is 10.2. The predicted octanol–water partition coefficient (Wildman–Crippen LogP) is 1.14. The summed E-state index contributed by atoms with van der Waals surface area (Å²) in [6.45, 7) is 6.21. The van der Waals surface area contributed by atoms with Gasteiger partial charge in [0.05, 0.1) is 6.10 Å². The first-order chi connectivity index (χ1) is 7.89. The minimum atomic E-state index is -4.09. The molecule has 0 aromatic rings. The minimum absolute atomic E-state index is 0.305. The average molecular weight is 267 g/mol. The summed E-state index contributed by atoms with van der Waals surface area (Å²) in [6.07, 6.45) is 3.18. The maximum absolute atomic E-state index is 10.6. The highest BCUT2D eigenvalue weighted by Gasteiger charge is 2.17. The fourth-order valence-electron chi connectivity index (χ4n) is 1.65. The molecule has 5 nitrogen and oxygen atoms in total. The Hall–Kier alpha value is -0.170. The molecule has 0 bridgehead atoms. The molecule has 0 saturated carbocycles. The van der Waals surface area contributed by atoms with E-state index in [1.54, 1.807) is 0 Å². The van der Waals surface area contributed by atoms with Crippen molar-refractivity contribution in [2.24, 2.45) is 0 Å². The van der Waals surface area contributed by atoms with Gasteiger partial charge in [0.1, 0.15) is 5.75 Å². The maximum atomic E-state index is 10.6. The quantitative estimate of drug-likeness (QED) is 0.580. The second-order valence-electron chi connectivity index (χ2n) is 4.41. The number of unbranched alkanes of at least 4 members (excludes halogenated alkanes) is 2. The van der Waals surface area contributed by atoms with Crippen molar-refractivity contribution in [2.75, 3.05) is 25.4 Å². The summed E-state index contributed by atoms with van der Waals surface area (Å²) in [5.41, 5.74) is 0. The first kappa shape index (κ1) is 16.8. The fourth-order valence-corrected chi connectivity index (χ4v) is 2.24. The van der Waals surface area contributed by atoms with E-state index in [0.29, 0.717) is 6.54 Å². The lowest BCUT2D eigenvalue weighted by molar-refractivity contribution is 0.125. The Morgan fingerprint density at radius 1 is 1.12 bits per heavy atom. The molecule has 0 aromatic heterocycles. The third-order valence-corrected chi connectivity index (χ3v) is 3.33. The fraction of sp³-hybridized carbons (Fsp3) is 1.00. The highest BCUT2D eigenvalue weighted by molar-refractivity contribution is 7.85. The van der Waals surface area contributed by atoms with E-state index in [1.165, 1.54) is 0 Å². The Morgan fingerprint density at radius 3 is 1.94 bits per heavy atom. The summed E-state index contributed by atoms with van der Waals surface area (Å²) >= 11 is 0. The molecule has 0 aliphatic carbocycles. The van der Waals surface area contributed by atoms with E-state index in [9.17, 15) is 13.5 Å². The van der Waals surface area contributed by atoms with Crippen LogP contribution in [0.25, 0.3) is 0 Å². The zero-order valence-corrected chi connectivity index (χ0v) is 11.6. The van der Waals surface area contributed by atoms with Gasteiger partial charge in [-0.3, -0.25) is 4.55 Å². The van der Waals surface area contributed by atoms with Crippen LogP contribution in [-0.4, -0.2) is 54.5 Å². The van der Waals surface area contributed by atoms with Crippen LogP contribution in [0.2, 0.25) is 0 Å². The van der Waals surface area contributed by atoms with Gasteiger partial charge in [-0.25, -0.2) is 0 Å². The zero-order valence-electron chi connectivity index (χ0n) is 10.8. The second kappa shape index (κ2) is 8.85. The van der Waals surface area contributed by atoms with Gasteiger partial charge in [-0.05, 0) is 25.9 Å². The van der Waals surface area contributed by atoms with Crippen LogP contribution in [0.3, 0.4) is 0 Å². The summed E-state index contributed by atoms with van der Waals surface area (Å²) in [6, 6.07) is 0. The van der Waals surface area contributed by atoms with Gasteiger partial charge in [-0.2, -0.15) is 8.42 Å². The molecule has 17 heavy (non-hydrogen) atoms. The lowest BCUT2D eigenvalue weighted by Crippen LogP contribution is -2.37. The van der Waals surface area contributed by atoms with Gasteiger partial charge in [-0.1, -0.05) is 26.7 Å². The topological polar surface area (TPSA) is 77.8 Å². The molecule has 0 fully saturated rings. The number of aliphatic hydroxyl groups excluding tert-OH is 1. The Bertz CT molecular complexity index is 271. The van der Waals surface area contributed by atoms with Crippen molar-refractivity contribution in [1.29, 1.82) is 0 Å². The molecular formula is C11H25NO4S. The molecule has 1 atom stereocenters. The average Bonchev–Trinajstić information content (AvgIpc) is 2.19. The van der Waals surface area contributed by atoms with Crippen molar-refractivity contribution >= 4 is 10.1 Å². The van der Waals surface area contributed by atoms with Crippen LogP contribution in [0.5, 0.6) is 0 Å². The lowest BCUT2D eigenvalue weighted by Gasteiger charge is -2.24. The summed E-state index contributed by atoms with van der Waals surface area (Å²) < 4.78 is 29.9. The molecule has 104 valence electrons. The molecule has 2 N–H and O–H groups in total. The first-order valence-electron chi connectivity index (χ1n) is 6.24. The Labute approximate surface area is 105 Å².